The van der Waals surface area contributed by atoms with Crippen molar-refractivity contribution in [3.05, 3.63) is 83.0 Å². The molecule has 0 saturated carbocycles. The highest BCUT2D eigenvalue weighted by Crippen LogP contribution is 2.23. The molecule has 0 aromatic heterocycles. The summed E-state index contributed by atoms with van der Waals surface area (Å²) in [5.41, 5.74) is 4.71. The van der Waals surface area contributed by atoms with Crippen molar-refractivity contribution in [1.82, 2.24) is 0 Å². The van der Waals surface area contributed by atoms with Crippen LogP contribution in [-0.4, -0.2) is 37.6 Å². The van der Waals surface area contributed by atoms with E-state index in [1.807, 2.05) is 30.3 Å². The zero-order valence-electron chi connectivity index (χ0n) is 16.7. The molecular formula is C24H30O4. The molecule has 4 heteroatoms. The van der Waals surface area contributed by atoms with Gasteiger partial charge in [0.25, 0.3) is 0 Å². The summed E-state index contributed by atoms with van der Waals surface area (Å²) in [6, 6.07) is 16.1. The van der Waals surface area contributed by atoms with Crippen LogP contribution in [0.1, 0.15) is 24.0 Å². The highest BCUT2D eigenvalue weighted by molar-refractivity contribution is 5.38. The zero-order chi connectivity index (χ0) is 20.2. The summed E-state index contributed by atoms with van der Waals surface area (Å²) >= 11 is 0. The van der Waals surface area contributed by atoms with Crippen LogP contribution in [0.3, 0.4) is 0 Å². The fourth-order valence-electron chi connectivity index (χ4n) is 3.05. The molecule has 2 N–H and O–H groups in total. The van der Waals surface area contributed by atoms with E-state index in [9.17, 15) is 5.11 Å². The second-order valence-corrected chi connectivity index (χ2v) is 6.57. The van der Waals surface area contributed by atoms with Crippen molar-refractivity contribution < 1.29 is 19.7 Å². The first-order chi connectivity index (χ1) is 13.7. The van der Waals surface area contributed by atoms with E-state index in [1.54, 1.807) is 14.2 Å². The molecule has 28 heavy (non-hydrogen) atoms. The Bertz CT molecular complexity index is 758. The van der Waals surface area contributed by atoms with E-state index in [0.717, 1.165) is 24.3 Å². The Kier molecular flexibility index (Phi) is 9.32. The summed E-state index contributed by atoms with van der Waals surface area (Å²) in [6.45, 7) is 0.228. The van der Waals surface area contributed by atoms with Gasteiger partial charge in [0.1, 0.15) is 11.5 Å². The molecule has 0 aliphatic carbocycles. The minimum absolute atomic E-state index is 0.103. The third-order valence-corrected chi connectivity index (χ3v) is 4.61. The van der Waals surface area contributed by atoms with Crippen molar-refractivity contribution in [2.45, 2.75) is 25.7 Å². The average Bonchev–Trinajstić information content (AvgIpc) is 2.74. The molecule has 2 aromatic rings. The van der Waals surface area contributed by atoms with Gasteiger partial charge in [0.15, 0.2) is 0 Å². The first-order valence-electron chi connectivity index (χ1n) is 9.55. The van der Waals surface area contributed by atoms with E-state index >= 15 is 0 Å². The quantitative estimate of drug-likeness (QED) is 0.574. The maximum absolute atomic E-state index is 9.62. The van der Waals surface area contributed by atoms with Crippen molar-refractivity contribution in [3.63, 3.8) is 0 Å². The molecule has 0 saturated heterocycles. The van der Waals surface area contributed by atoms with Gasteiger partial charge in [-0.15, -0.1) is 0 Å². The number of allylic oxidation sites excluding steroid dienone is 2. The lowest BCUT2D eigenvalue weighted by Crippen LogP contribution is -2.02. The lowest BCUT2D eigenvalue weighted by Gasteiger charge is -2.14. The van der Waals surface area contributed by atoms with Crippen LogP contribution in [0.2, 0.25) is 0 Å². The number of hydrogen-bond acceptors (Lipinski definition) is 4. The molecule has 0 aliphatic heterocycles. The van der Waals surface area contributed by atoms with Gasteiger partial charge in [0, 0.05) is 13.2 Å². The maximum Gasteiger partial charge on any atom is 0.118 e. The Labute approximate surface area is 167 Å². The van der Waals surface area contributed by atoms with Gasteiger partial charge in [-0.2, -0.15) is 0 Å². The predicted octanol–water partition coefficient (Wildman–Crippen LogP) is 4.11. The summed E-state index contributed by atoms with van der Waals surface area (Å²) in [7, 11) is 3.32. The second kappa shape index (κ2) is 12.0. The molecule has 4 nitrogen and oxygen atoms in total. The molecule has 0 heterocycles. The van der Waals surface area contributed by atoms with Gasteiger partial charge >= 0.3 is 0 Å². The van der Waals surface area contributed by atoms with Crippen LogP contribution in [0, 0.1) is 0 Å². The van der Waals surface area contributed by atoms with Crippen molar-refractivity contribution in [2.24, 2.45) is 0 Å². The van der Waals surface area contributed by atoms with Gasteiger partial charge in [0.05, 0.1) is 14.2 Å². The molecule has 150 valence electrons. The fraction of sp³-hybridized carbons (Fsp3) is 0.333. The summed E-state index contributed by atoms with van der Waals surface area (Å²) in [4.78, 5) is 0. The Balaban J connectivity index is 2.31. The number of methoxy groups -OCH3 is 2. The second-order valence-electron chi connectivity index (χ2n) is 6.57. The van der Waals surface area contributed by atoms with Gasteiger partial charge < -0.3 is 19.7 Å². The standard InChI is InChI=1S/C24H30O4/c1-27-23-10-6-19(7-11-23)17-21(5-3-4-15-25)22(14-16-26)18-20-8-12-24(28-2)13-9-20/h3,5-13,25-26H,4,14-18H2,1-2H3/b5-3+,22-21+. The van der Waals surface area contributed by atoms with Crippen molar-refractivity contribution in [3.8, 4) is 11.5 Å². The SMILES string of the molecule is COc1ccc(CC(/C=C/CCO)=C(\CCO)Cc2ccc(OC)cc2)cc1. The molecule has 0 unspecified atom stereocenters. The number of aliphatic hydroxyl groups is 2. The zero-order valence-corrected chi connectivity index (χ0v) is 16.7. The van der Waals surface area contributed by atoms with Crippen LogP contribution in [0.5, 0.6) is 11.5 Å². The van der Waals surface area contributed by atoms with Crippen LogP contribution in [0.4, 0.5) is 0 Å². The van der Waals surface area contributed by atoms with E-state index in [-0.39, 0.29) is 13.2 Å². The molecule has 0 amide bonds. The minimum Gasteiger partial charge on any atom is -0.497 e. The van der Waals surface area contributed by atoms with Crippen LogP contribution < -0.4 is 9.47 Å². The van der Waals surface area contributed by atoms with Crippen LogP contribution >= 0.6 is 0 Å². The Hall–Kier alpha value is -2.56. The van der Waals surface area contributed by atoms with Crippen molar-refractivity contribution in [2.75, 3.05) is 27.4 Å². The predicted molar refractivity (Wildman–Crippen MR) is 113 cm³/mol. The first kappa shape index (κ1) is 21.7. The Morgan fingerprint density at radius 1 is 0.786 bits per heavy atom. The van der Waals surface area contributed by atoms with E-state index in [0.29, 0.717) is 12.8 Å². The van der Waals surface area contributed by atoms with Gasteiger partial charge in [-0.1, -0.05) is 42.0 Å². The van der Waals surface area contributed by atoms with Gasteiger partial charge in [-0.3, -0.25) is 0 Å². The fourth-order valence-corrected chi connectivity index (χ4v) is 3.05. The Morgan fingerprint density at radius 3 is 1.79 bits per heavy atom. The van der Waals surface area contributed by atoms with E-state index in [1.165, 1.54) is 22.3 Å². The highest BCUT2D eigenvalue weighted by atomic mass is 16.5. The first-order valence-corrected chi connectivity index (χ1v) is 9.55. The number of benzene rings is 2. The van der Waals surface area contributed by atoms with Gasteiger partial charge in [-0.05, 0) is 66.6 Å². The largest absolute Gasteiger partial charge is 0.497 e. The summed E-state index contributed by atoms with van der Waals surface area (Å²) in [6.07, 6.45) is 6.82. The van der Waals surface area contributed by atoms with Crippen LogP contribution in [0.15, 0.2) is 71.8 Å². The average molecular weight is 383 g/mol. The molecule has 0 bridgehead atoms. The van der Waals surface area contributed by atoms with Crippen LogP contribution in [0.25, 0.3) is 0 Å². The molecule has 2 aromatic carbocycles. The topological polar surface area (TPSA) is 58.9 Å². The molecule has 0 aliphatic rings. The number of rotatable bonds is 11. The minimum atomic E-state index is 0.103. The summed E-state index contributed by atoms with van der Waals surface area (Å²) in [5.74, 6) is 1.66. The van der Waals surface area contributed by atoms with E-state index < -0.39 is 0 Å². The smallest absolute Gasteiger partial charge is 0.118 e. The maximum atomic E-state index is 9.62. The molecule has 0 spiro atoms. The molecule has 0 atom stereocenters. The van der Waals surface area contributed by atoms with E-state index in [2.05, 4.69) is 30.3 Å². The van der Waals surface area contributed by atoms with Crippen molar-refractivity contribution in [1.29, 1.82) is 0 Å². The molecule has 2 rings (SSSR count). The normalized spacial score (nSPS) is 12.1. The number of ether oxygens (including phenoxy) is 2. The monoisotopic (exact) mass is 382 g/mol. The lowest BCUT2D eigenvalue weighted by atomic mass is 9.92. The molecule has 0 fully saturated rings. The van der Waals surface area contributed by atoms with E-state index in [4.69, 9.17) is 14.6 Å². The summed E-state index contributed by atoms with van der Waals surface area (Å²) in [5, 5.41) is 18.7. The van der Waals surface area contributed by atoms with Crippen LogP contribution in [-0.2, 0) is 12.8 Å². The summed E-state index contributed by atoms with van der Waals surface area (Å²) < 4.78 is 10.5. The van der Waals surface area contributed by atoms with Gasteiger partial charge in [0.2, 0.25) is 0 Å². The highest BCUT2D eigenvalue weighted by Gasteiger charge is 2.08. The Morgan fingerprint density at radius 2 is 1.32 bits per heavy atom. The molecule has 0 radical (unpaired) electrons. The third-order valence-electron chi connectivity index (χ3n) is 4.61. The van der Waals surface area contributed by atoms with Gasteiger partial charge in [-0.25, -0.2) is 0 Å². The third kappa shape index (κ3) is 6.87. The number of hydrogen-bond donors (Lipinski definition) is 2. The van der Waals surface area contributed by atoms with Crippen molar-refractivity contribution >= 4 is 0 Å². The number of aliphatic hydroxyl groups excluding tert-OH is 2. The lowest BCUT2D eigenvalue weighted by molar-refractivity contribution is 0.298. The molecular weight excluding hydrogens is 352 g/mol.